The van der Waals surface area contributed by atoms with E-state index in [-0.39, 0.29) is 23.4 Å². The summed E-state index contributed by atoms with van der Waals surface area (Å²) in [5, 5.41) is 3.28. The number of hydrogen-bond donors (Lipinski definition) is 1. The van der Waals surface area contributed by atoms with E-state index in [1.807, 2.05) is 27.7 Å². The molecule has 0 aliphatic heterocycles. The third-order valence-corrected chi connectivity index (χ3v) is 8.26. The van der Waals surface area contributed by atoms with Crippen molar-refractivity contribution < 1.29 is 18.0 Å². The third kappa shape index (κ3) is 7.14. The van der Waals surface area contributed by atoms with Crippen LogP contribution in [0.3, 0.4) is 0 Å². The van der Waals surface area contributed by atoms with Crippen LogP contribution in [-0.2, 0) is 26.2 Å². The van der Waals surface area contributed by atoms with Crippen LogP contribution in [0.25, 0.3) is 0 Å². The molecule has 3 rings (SSSR count). The second-order valence-electron chi connectivity index (χ2n) is 9.61. The van der Waals surface area contributed by atoms with Gasteiger partial charge in [0.15, 0.2) is 0 Å². The normalized spacial score (nSPS) is 12.2. The van der Waals surface area contributed by atoms with Crippen molar-refractivity contribution in [2.45, 2.75) is 58.1 Å². The zero-order valence-corrected chi connectivity index (χ0v) is 23.9. The predicted octanol–water partition coefficient (Wildman–Crippen LogP) is 5.09. The van der Waals surface area contributed by atoms with Gasteiger partial charge in [-0.25, -0.2) is 8.42 Å². The molecule has 1 unspecified atom stereocenters. The molecule has 0 heterocycles. The minimum atomic E-state index is -4.10. The lowest BCUT2D eigenvalue weighted by atomic mass is 10.1. The van der Waals surface area contributed by atoms with Gasteiger partial charge in [0.05, 0.1) is 10.6 Å². The first-order chi connectivity index (χ1) is 17.9. The molecule has 1 N–H and O–H groups in total. The highest BCUT2D eigenvalue weighted by molar-refractivity contribution is 7.92. The molecule has 3 aromatic rings. The summed E-state index contributed by atoms with van der Waals surface area (Å²) >= 11 is 6.38. The summed E-state index contributed by atoms with van der Waals surface area (Å²) < 4.78 is 28.7. The molecule has 1 atom stereocenters. The maximum atomic E-state index is 13.9. The van der Waals surface area contributed by atoms with Crippen LogP contribution < -0.4 is 9.62 Å². The van der Waals surface area contributed by atoms with Crippen LogP contribution >= 0.6 is 11.6 Å². The molecule has 9 heteroatoms. The standard InChI is InChI=1S/C29H34ClN3O4S/c1-20(2)31-29(35)23(5)32(18-24-8-6-7-9-27(24)30)28(34)19-33(25-14-10-21(3)11-15-25)38(36,37)26-16-12-22(4)13-17-26/h6-17,20,23H,18-19H2,1-5H3,(H,31,35). The summed E-state index contributed by atoms with van der Waals surface area (Å²) in [4.78, 5) is 28.3. The smallest absolute Gasteiger partial charge is 0.264 e. The van der Waals surface area contributed by atoms with Gasteiger partial charge < -0.3 is 10.2 Å². The van der Waals surface area contributed by atoms with Gasteiger partial charge in [-0.15, -0.1) is 0 Å². The first-order valence-corrected chi connectivity index (χ1v) is 14.2. The van der Waals surface area contributed by atoms with Crippen molar-refractivity contribution in [2.75, 3.05) is 10.8 Å². The molecule has 0 radical (unpaired) electrons. The SMILES string of the molecule is Cc1ccc(N(CC(=O)N(Cc2ccccc2Cl)C(C)C(=O)NC(C)C)S(=O)(=O)c2ccc(C)cc2)cc1. The van der Waals surface area contributed by atoms with Crippen molar-refractivity contribution in [1.82, 2.24) is 10.2 Å². The predicted molar refractivity (Wildman–Crippen MR) is 152 cm³/mol. The number of halogens is 1. The fourth-order valence-electron chi connectivity index (χ4n) is 3.88. The van der Waals surface area contributed by atoms with Crippen molar-refractivity contribution in [1.29, 1.82) is 0 Å². The number of carbonyl (C=O) groups excluding carboxylic acids is 2. The topological polar surface area (TPSA) is 86.8 Å². The first kappa shape index (κ1) is 29.2. The highest BCUT2D eigenvalue weighted by Gasteiger charge is 2.32. The lowest BCUT2D eigenvalue weighted by Gasteiger charge is -2.32. The average Bonchev–Trinajstić information content (AvgIpc) is 2.86. The second-order valence-corrected chi connectivity index (χ2v) is 11.9. The molecule has 2 amide bonds. The number of sulfonamides is 1. The van der Waals surface area contributed by atoms with Gasteiger partial charge in [-0.3, -0.25) is 13.9 Å². The molecule has 0 spiro atoms. The van der Waals surface area contributed by atoms with Crippen LogP contribution in [0.5, 0.6) is 0 Å². The lowest BCUT2D eigenvalue weighted by molar-refractivity contribution is -0.139. The molecule has 7 nitrogen and oxygen atoms in total. The molecule has 0 aliphatic carbocycles. The molecule has 38 heavy (non-hydrogen) atoms. The number of rotatable bonds is 10. The molecule has 0 fully saturated rings. The van der Waals surface area contributed by atoms with Crippen molar-refractivity contribution in [3.8, 4) is 0 Å². The molecule has 202 valence electrons. The number of anilines is 1. The zero-order chi connectivity index (χ0) is 28.0. The molecule has 0 aromatic heterocycles. The fourth-order valence-corrected chi connectivity index (χ4v) is 5.48. The number of amides is 2. The molecular formula is C29H34ClN3O4S. The van der Waals surface area contributed by atoms with E-state index in [2.05, 4.69) is 5.32 Å². The Labute approximate surface area is 230 Å². The van der Waals surface area contributed by atoms with Gasteiger partial charge in [0.25, 0.3) is 10.0 Å². The summed E-state index contributed by atoms with van der Waals surface area (Å²) in [6.07, 6.45) is 0. The number of nitrogens with one attached hydrogen (secondary N) is 1. The minimum absolute atomic E-state index is 0.0392. The van der Waals surface area contributed by atoms with Crippen LogP contribution in [0.1, 0.15) is 37.5 Å². The summed E-state index contributed by atoms with van der Waals surface area (Å²) in [6, 6.07) is 19.4. The summed E-state index contributed by atoms with van der Waals surface area (Å²) in [5.41, 5.74) is 2.86. The van der Waals surface area contributed by atoms with Crippen LogP contribution in [0.15, 0.2) is 77.7 Å². The Balaban J connectivity index is 2.03. The summed E-state index contributed by atoms with van der Waals surface area (Å²) in [7, 11) is -4.10. The van der Waals surface area contributed by atoms with Gasteiger partial charge in [0.1, 0.15) is 12.6 Å². The Hall–Kier alpha value is -3.36. The van der Waals surface area contributed by atoms with E-state index >= 15 is 0 Å². The van der Waals surface area contributed by atoms with Gasteiger partial charge in [0, 0.05) is 17.6 Å². The van der Waals surface area contributed by atoms with Crippen molar-refractivity contribution >= 4 is 39.1 Å². The summed E-state index contributed by atoms with van der Waals surface area (Å²) in [5.74, 6) is -0.878. The Bertz CT molecular complexity index is 1370. The van der Waals surface area contributed by atoms with E-state index in [9.17, 15) is 18.0 Å². The maximum absolute atomic E-state index is 13.9. The van der Waals surface area contributed by atoms with Gasteiger partial charge >= 0.3 is 0 Å². The largest absolute Gasteiger partial charge is 0.352 e. The fraction of sp³-hybridized carbons (Fsp3) is 0.310. The molecule has 3 aromatic carbocycles. The third-order valence-electron chi connectivity index (χ3n) is 6.11. The Kier molecular flexibility index (Phi) is 9.57. The average molecular weight is 556 g/mol. The molecule has 0 saturated carbocycles. The molecule has 0 saturated heterocycles. The first-order valence-electron chi connectivity index (χ1n) is 12.4. The van der Waals surface area contributed by atoms with E-state index in [1.54, 1.807) is 67.6 Å². The quantitative estimate of drug-likeness (QED) is 0.377. The lowest BCUT2D eigenvalue weighted by Crippen LogP contribution is -2.52. The number of benzene rings is 3. The number of nitrogens with zero attached hydrogens (tertiary/aromatic N) is 2. The van der Waals surface area contributed by atoms with Crippen LogP contribution in [0.2, 0.25) is 5.02 Å². The Morgan fingerprint density at radius 3 is 1.97 bits per heavy atom. The number of aryl methyl sites for hydroxylation is 2. The monoisotopic (exact) mass is 555 g/mol. The van der Waals surface area contributed by atoms with E-state index < -0.39 is 28.5 Å². The Morgan fingerprint density at radius 1 is 0.868 bits per heavy atom. The van der Waals surface area contributed by atoms with Crippen molar-refractivity contribution in [3.05, 3.63) is 94.5 Å². The van der Waals surface area contributed by atoms with Crippen LogP contribution in [0.4, 0.5) is 5.69 Å². The Morgan fingerprint density at radius 2 is 1.42 bits per heavy atom. The van der Waals surface area contributed by atoms with Gasteiger partial charge in [-0.2, -0.15) is 0 Å². The molecule has 0 bridgehead atoms. The molecule has 0 aliphatic rings. The van der Waals surface area contributed by atoms with Crippen molar-refractivity contribution in [3.63, 3.8) is 0 Å². The van der Waals surface area contributed by atoms with E-state index in [4.69, 9.17) is 11.6 Å². The van der Waals surface area contributed by atoms with Gasteiger partial charge in [-0.1, -0.05) is 65.2 Å². The van der Waals surface area contributed by atoms with E-state index in [0.717, 1.165) is 15.4 Å². The van der Waals surface area contributed by atoms with Gasteiger partial charge in [0.2, 0.25) is 11.8 Å². The minimum Gasteiger partial charge on any atom is -0.352 e. The zero-order valence-electron chi connectivity index (χ0n) is 22.3. The number of carbonyl (C=O) groups is 2. The number of hydrogen-bond acceptors (Lipinski definition) is 4. The highest BCUT2D eigenvalue weighted by atomic mass is 35.5. The van der Waals surface area contributed by atoms with Gasteiger partial charge in [-0.05, 0) is 70.5 Å². The summed E-state index contributed by atoms with van der Waals surface area (Å²) in [6.45, 7) is 8.59. The van der Waals surface area contributed by atoms with E-state index in [0.29, 0.717) is 16.3 Å². The van der Waals surface area contributed by atoms with E-state index in [1.165, 1.54) is 17.0 Å². The van der Waals surface area contributed by atoms with Crippen molar-refractivity contribution in [2.24, 2.45) is 0 Å². The highest BCUT2D eigenvalue weighted by Crippen LogP contribution is 2.26. The molecular weight excluding hydrogens is 522 g/mol. The second kappa shape index (κ2) is 12.5. The van der Waals surface area contributed by atoms with Crippen LogP contribution in [0, 0.1) is 13.8 Å². The van der Waals surface area contributed by atoms with Crippen LogP contribution in [-0.4, -0.2) is 43.8 Å². The maximum Gasteiger partial charge on any atom is 0.264 e.